The summed E-state index contributed by atoms with van der Waals surface area (Å²) >= 11 is 0. The Labute approximate surface area is 172 Å². The zero-order valence-electron chi connectivity index (χ0n) is 16.5. The van der Waals surface area contributed by atoms with Crippen molar-refractivity contribution in [3.05, 3.63) is 65.6 Å². The summed E-state index contributed by atoms with van der Waals surface area (Å²) in [5.74, 6) is -0.944. The largest absolute Gasteiger partial charge is 0.363 e. The van der Waals surface area contributed by atoms with Gasteiger partial charge in [-0.05, 0) is 49.6 Å². The second-order valence-corrected chi connectivity index (χ2v) is 8.08. The Balaban J connectivity index is 1.50. The molecule has 2 saturated heterocycles. The molecule has 1 aromatic carbocycles. The van der Waals surface area contributed by atoms with Crippen LogP contribution in [0.4, 0.5) is 14.5 Å². The average molecular weight is 411 g/mol. The summed E-state index contributed by atoms with van der Waals surface area (Å²) in [7, 11) is 0. The van der Waals surface area contributed by atoms with E-state index in [-0.39, 0.29) is 18.0 Å². The van der Waals surface area contributed by atoms with Crippen molar-refractivity contribution in [2.75, 3.05) is 24.5 Å². The van der Waals surface area contributed by atoms with Crippen molar-refractivity contribution in [1.82, 2.24) is 14.3 Å². The van der Waals surface area contributed by atoms with Crippen LogP contribution in [-0.4, -0.2) is 45.9 Å². The number of nitrogens with two attached hydrogens (primary N) is 1. The third-order valence-corrected chi connectivity index (χ3v) is 6.12. The van der Waals surface area contributed by atoms with Gasteiger partial charge in [0.05, 0.1) is 17.9 Å². The molecule has 156 valence electrons. The zero-order chi connectivity index (χ0) is 20.8. The number of nitrogens with zero attached hydrogens (tertiary/aromatic N) is 4. The summed E-state index contributed by atoms with van der Waals surface area (Å²) < 4.78 is 30.0. The molecule has 0 radical (unpaired) electrons. The van der Waals surface area contributed by atoms with Crippen molar-refractivity contribution in [2.24, 2.45) is 5.73 Å². The first-order chi connectivity index (χ1) is 14.5. The molecule has 0 saturated carbocycles. The monoisotopic (exact) mass is 411 g/mol. The highest BCUT2D eigenvalue weighted by Crippen LogP contribution is 2.37. The van der Waals surface area contributed by atoms with Crippen LogP contribution < -0.4 is 10.6 Å². The maximum Gasteiger partial charge on any atom is 0.272 e. The van der Waals surface area contributed by atoms with Crippen molar-refractivity contribution in [1.29, 1.82) is 0 Å². The molecule has 2 fully saturated rings. The topological polar surface area (TPSA) is 66.9 Å². The highest BCUT2D eigenvalue weighted by atomic mass is 19.1. The van der Waals surface area contributed by atoms with Crippen LogP contribution in [0.15, 0.2) is 42.7 Å². The van der Waals surface area contributed by atoms with Gasteiger partial charge in [0, 0.05) is 37.4 Å². The first-order valence-corrected chi connectivity index (χ1v) is 10.2. The number of aromatic nitrogens is 2. The standard InChI is InChI=1S/C22H23F2N5O/c23-14-3-5-18(24)17(10-14)19-2-1-8-28(19)16-4-6-21-26-11-20(29(21)13-16)22(30)27-9-7-15(25)12-27/h3-6,10-11,13,15,19H,1-2,7-9,12,25H2/t15-,19-/m0/s1. The van der Waals surface area contributed by atoms with E-state index in [9.17, 15) is 13.6 Å². The molecule has 2 aliphatic heterocycles. The lowest BCUT2D eigenvalue weighted by molar-refractivity contribution is 0.0784. The summed E-state index contributed by atoms with van der Waals surface area (Å²) in [5, 5.41) is 0. The van der Waals surface area contributed by atoms with Crippen LogP contribution in [0.1, 0.15) is 41.4 Å². The Morgan fingerprint density at radius 1 is 1.13 bits per heavy atom. The van der Waals surface area contributed by atoms with Crippen LogP contribution in [0, 0.1) is 11.6 Å². The first-order valence-electron chi connectivity index (χ1n) is 10.2. The number of benzene rings is 1. The van der Waals surface area contributed by atoms with E-state index in [0.717, 1.165) is 37.6 Å². The van der Waals surface area contributed by atoms with E-state index in [0.29, 0.717) is 30.0 Å². The van der Waals surface area contributed by atoms with Crippen molar-refractivity contribution in [2.45, 2.75) is 31.3 Å². The Morgan fingerprint density at radius 2 is 2.00 bits per heavy atom. The molecule has 3 aromatic rings. The number of imidazole rings is 1. The number of halogens is 2. The summed E-state index contributed by atoms with van der Waals surface area (Å²) in [4.78, 5) is 21.1. The normalized spacial score (nSPS) is 21.7. The predicted octanol–water partition coefficient (Wildman–Crippen LogP) is 3.13. The summed E-state index contributed by atoms with van der Waals surface area (Å²) in [6.45, 7) is 1.91. The molecular formula is C22H23F2N5O. The fourth-order valence-electron chi connectivity index (χ4n) is 4.60. The Hall–Kier alpha value is -3.00. The minimum absolute atomic E-state index is 0.00946. The fourth-order valence-corrected chi connectivity index (χ4v) is 4.60. The van der Waals surface area contributed by atoms with Gasteiger partial charge in [-0.3, -0.25) is 9.20 Å². The minimum Gasteiger partial charge on any atom is -0.363 e. The van der Waals surface area contributed by atoms with Gasteiger partial charge in [0.25, 0.3) is 5.91 Å². The number of carbonyl (C=O) groups is 1. The average Bonchev–Trinajstić information content (AvgIpc) is 3.47. The van der Waals surface area contributed by atoms with Crippen LogP contribution >= 0.6 is 0 Å². The molecule has 8 heteroatoms. The maximum atomic E-state index is 14.4. The molecule has 1 amide bonds. The summed E-state index contributed by atoms with van der Waals surface area (Å²) in [6, 6.07) is 7.11. The van der Waals surface area contributed by atoms with E-state index in [2.05, 4.69) is 9.88 Å². The van der Waals surface area contributed by atoms with E-state index in [1.54, 1.807) is 15.5 Å². The zero-order valence-corrected chi connectivity index (χ0v) is 16.5. The second kappa shape index (κ2) is 7.36. The van der Waals surface area contributed by atoms with Gasteiger partial charge < -0.3 is 15.5 Å². The molecule has 0 bridgehead atoms. The summed E-state index contributed by atoms with van der Waals surface area (Å²) in [5.41, 5.74) is 8.30. The van der Waals surface area contributed by atoms with E-state index >= 15 is 0 Å². The number of rotatable bonds is 3. The molecule has 30 heavy (non-hydrogen) atoms. The molecule has 6 nitrogen and oxygen atoms in total. The van der Waals surface area contributed by atoms with Crippen molar-refractivity contribution in [3.8, 4) is 0 Å². The van der Waals surface area contributed by atoms with Crippen LogP contribution in [0.2, 0.25) is 0 Å². The molecular weight excluding hydrogens is 388 g/mol. The lowest BCUT2D eigenvalue weighted by Gasteiger charge is -2.27. The highest BCUT2D eigenvalue weighted by molar-refractivity contribution is 5.93. The smallest absolute Gasteiger partial charge is 0.272 e. The van der Waals surface area contributed by atoms with Gasteiger partial charge in [-0.15, -0.1) is 0 Å². The lowest BCUT2D eigenvalue weighted by Crippen LogP contribution is -2.32. The molecule has 2 N–H and O–H groups in total. The molecule has 0 unspecified atom stereocenters. The lowest BCUT2D eigenvalue weighted by atomic mass is 10.0. The maximum absolute atomic E-state index is 14.4. The van der Waals surface area contributed by atoms with E-state index in [1.807, 2.05) is 18.3 Å². The van der Waals surface area contributed by atoms with E-state index < -0.39 is 11.6 Å². The molecule has 2 atom stereocenters. The van der Waals surface area contributed by atoms with Crippen LogP contribution in [-0.2, 0) is 0 Å². The van der Waals surface area contributed by atoms with Gasteiger partial charge in [0.15, 0.2) is 0 Å². The SMILES string of the molecule is N[C@H]1CCN(C(=O)c2cnc3ccc(N4CCC[C@H]4c4cc(F)ccc4F)cn23)C1. The number of hydrogen-bond donors (Lipinski definition) is 1. The van der Waals surface area contributed by atoms with Crippen molar-refractivity contribution < 1.29 is 13.6 Å². The Morgan fingerprint density at radius 3 is 2.80 bits per heavy atom. The number of fused-ring (bicyclic) bond motifs is 1. The number of likely N-dealkylation sites (tertiary alicyclic amines) is 1. The quantitative estimate of drug-likeness (QED) is 0.719. The molecule has 4 heterocycles. The molecule has 5 rings (SSSR count). The van der Waals surface area contributed by atoms with Crippen molar-refractivity contribution in [3.63, 3.8) is 0 Å². The number of hydrogen-bond acceptors (Lipinski definition) is 4. The third-order valence-electron chi connectivity index (χ3n) is 6.12. The first kappa shape index (κ1) is 19.0. The van der Waals surface area contributed by atoms with Crippen LogP contribution in [0.5, 0.6) is 0 Å². The second-order valence-electron chi connectivity index (χ2n) is 8.08. The number of anilines is 1. The number of pyridine rings is 1. The summed E-state index contributed by atoms with van der Waals surface area (Å²) in [6.07, 6.45) is 5.85. The van der Waals surface area contributed by atoms with Crippen LogP contribution in [0.25, 0.3) is 5.65 Å². The molecule has 0 spiro atoms. The highest BCUT2D eigenvalue weighted by Gasteiger charge is 2.30. The number of amides is 1. The van der Waals surface area contributed by atoms with Gasteiger partial charge >= 0.3 is 0 Å². The molecule has 2 aromatic heterocycles. The van der Waals surface area contributed by atoms with Gasteiger partial charge in [-0.2, -0.15) is 0 Å². The Bertz CT molecular complexity index is 1110. The molecule has 0 aliphatic carbocycles. The van der Waals surface area contributed by atoms with Gasteiger partial charge in [-0.1, -0.05) is 0 Å². The van der Waals surface area contributed by atoms with Gasteiger partial charge in [0.2, 0.25) is 0 Å². The van der Waals surface area contributed by atoms with Crippen molar-refractivity contribution >= 4 is 17.2 Å². The van der Waals surface area contributed by atoms with Gasteiger partial charge in [-0.25, -0.2) is 13.8 Å². The molecule has 2 aliphatic rings. The Kier molecular flexibility index (Phi) is 4.66. The fraction of sp³-hybridized carbons (Fsp3) is 0.364. The minimum atomic E-state index is -0.444. The third kappa shape index (κ3) is 3.21. The van der Waals surface area contributed by atoms with Gasteiger partial charge in [0.1, 0.15) is 23.0 Å². The van der Waals surface area contributed by atoms with E-state index in [4.69, 9.17) is 5.73 Å². The number of carbonyl (C=O) groups excluding carboxylic acids is 1. The van der Waals surface area contributed by atoms with E-state index in [1.165, 1.54) is 12.1 Å². The predicted molar refractivity (Wildman–Crippen MR) is 109 cm³/mol. The van der Waals surface area contributed by atoms with Crippen LogP contribution in [0.3, 0.4) is 0 Å².